The van der Waals surface area contributed by atoms with Crippen LogP contribution in [0.2, 0.25) is 0 Å². The maximum atomic E-state index is 12.2. The molecule has 0 saturated carbocycles. The SMILES string of the molecule is COC(=O)Cn1cc(C(CC(C)C)n2cc(Cn3cc(CNC(=O)c4ccccc4)nn3)nn2)nn1. The van der Waals surface area contributed by atoms with Crippen LogP contribution in [0, 0.1) is 5.92 Å². The van der Waals surface area contributed by atoms with E-state index in [1.54, 1.807) is 33.9 Å². The van der Waals surface area contributed by atoms with E-state index < -0.39 is 5.97 Å². The summed E-state index contributed by atoms with van der Waals surface area (Å²) in [6.07, 6.45) is 6.08. The lowest BCUT2D eigenvalue weighted by atomic mass is 10.0. The molecule has 1 aromatic carbocycles. The second-order valence-electron chi connectivity index (χ2n) is 8.71. The molecule has 3 heterocycles. The first-order valence-corrected chi connectivity index (χ1v) is 11.5. The smallest absolute Gasteiger partial charge is 0.327 e. The summed E-state index contributed by atoms with van der Waals surface area (Å²) in [4.78, 5) is 23.8. The fourth-order valence-corrected chi connectivity index (χ4v) is 3.61. The summed E-state index contributed by atoms with van der Waals surface area (Å²) in [6, 6.07) is 8.79. The van der Waals surface area contributed by atoms with Crippen molar-refractivity contribution in [3.8, 4) is 0 Å². The van der Waals surface area contributed by atoms with E-state index in [0.717, 1.165) is 6.42 Å². The van der Waals surface area contributed by atoms with Crippen molar-refractivity contribution in [1.82, 2.24) is 50.3 Å². The summed E-state index contributed by atoms with van der Waals surface area (Å²) < 4.78 is 9.53. The van der Waals surface area contributed by atoms with Gasteiger partial charge in [0.2, 0.25) is 0 Å². The van der Waals surface area contributed by atoms with Crippen LogP contribution in [0.4, 0.5) is 0 Å². The van der Waals surface area contributed by atoms with Gasteiger partial charge in [-0.1, -0.05) is 47.7 Å². The molecule has 0 aliphatic rings. The zero-order valence-corrected chi connectivity index (χ0v) is 20.4. The molecule has 0 saturated heterocycles. The molecule has 0 aliphatic heterocycles. The van der Waals surface area contributed by atoms with Crippen LogP contribution in [-0.4, -0.2) is 64.0 Å². The Morgan fingerprint density at radius 3 is 2.44 bits per heavy atom. The van der Waals surface area contributed by atoms with Gasteiger partial charge in [-0.25, -0.2) is 14.0 Å². The summed E-state index contributed by atoms with van der Waals surface area (Å²) in [5, 5.41) is 28.0. The maximum absolute atomic E-state index is 12.2. The molecule has 13 nitrogen and oxygen atoms in total. The van der Waals surface area contributed by atoms with E-state index in [1.165, 1.54) is 11.8 Å². The third-order valence-electron chi connectivity index (χ3n) is 5.36. The first-order valence-electron chi connectivity index (χ1n) is 11.5. The number of carbonyl (C=O) groups excluding carboxylic acids is 2. The van der Waals surface area contributed by atoms with Gasteiger partial charge < -0.3 is 10.1 Å². The first-order chi connectivity index (χ1) is 17.4. The molecule has 4 rings (SSSR count). The standard InChI is InChI=1S/C23H28N10O3/c1-16(2)9-21(20-14-32(29-27-20)15-22(34)36-3)33-13-19(26-30-33)12-31-11-18(25-28-31)10-24-23(35)17-7-5-4-6-8-17/h4-8,11,13-14,16,21H,9-10,12,15H2,1-3H3,(H,24,35). The van der Waals surface area contributed by atoms with Crippen molar-refractivity contribution in [2.45, 2.75) is 45.9 Å². The van der Waals surface area contributed by atoms with Gasteiger partial charge in [0.05, 0.1) is 44.8 Å². The topological polar surface area (TPSA) is 148 Å². The summed E-state index contributed by atoms with van der Waals surface area (Å²) in [5.41, 5.74) is 2.59. The molecule has 13 heteroatoms. The van der Waals surface area contributed by atoms with Gasteiger partial charge in [0, 0.05) is 5.56 Å². The molecular formula is C23H28N10O3. The Kier molecular flexibility index (Phi) is 7.78. The van der Waals surface area contributed by atoms with Crippen molar-refractivity contribution in [1.29, 1.82) is 0 Å². The van der Waals surface area contributed by atoms with Crippen LogP contribution in [-0.2, 0) is 29.2 Å². The van der Waals surface area contributed by atoms with Crippen LogP contribution in [0.1, 0.15) is 53.7 Å². The lowest BCUT2D eigenvalue weighted by Gasteiger charge is -2.16. The van der Waals surface area contributed by atoms with Crippen LogP contribution >= 0.6 is 0 Å². The highest BCUT2D eigenvalue weighted by Crippen LogP contribution is 2.23. The molecule has 1 unspecified atom stereocenters. The second-order valence-corrected chi connectivity index (χ2v) is 8.71. The number of nitrogens with one attached hydrogen (secondary N) is 1. The molecule has 0 radical (unpaired) electrons. The first kappa shape index (κ1) is 24.7. The summed E-state index contributed by atoms with van der Waals surface area (Å²) >= 11 is 0. The Morgan fingerprint density at radius 2 is 1.69 bits per heavy atom. The average Bonchev–Trinajstić information content (AvgIpc) is 3.63. The fraction of sp³-hybridized carbons (Fsp3) is 0.391. The molecule has 36 heavy (non-hydrogen) atoms. The number of nitrogens with zero attached hydrogens (tertiary/aromatic N) is 9. The maximum Gasteiger partial charge on any atom is 0.327 e. The van der Waals surface area contributed by atoms with Gasteiger partial charge in [-0.15, -0.1) is 15.3 Å². The largest absolute Gasteiger partial charge is 0.468 e. The molecule has 1 N–H and O–H groups in total. The predicted octanol–water partition coefficient (Wildman–Crippen LogP) is 1.25. The van der Waals surface area contributed by atoms with Crippen LogP contribution < -0.4 is 5.32 Å². The minimum absolute atomic E-state index is 0.0130. The van der Waals surface area contributed by atoms with Crippen molar-refractivity contribution >= 4 is 11.9 Å². The Labute approximate surface area is 207 Å². The summed E-state index contributed by atoms with van der Waals surface area (Å²) in [5.74, 6) is -0.216. The van der Waals surface area contributed by atoms with E-state index in [0.29, 0.717) is 35.1 Å². The minimum atomic E-state index is -0.401. The van der Waals surface area contributed by atoms with Crippen LogP contribution in [0.15, 0.2) is 48.9 Å². The van der Waals surface area contributed by atoms with E-state index in [1.807, 2.05) is 24.4 Å². The molecule has 1 amide bonds. The summed E-state index contributed by atoms with van der Waals surface area (Å²) in [7, 11) is 1.33. The highest BCUT2D eigenvalue weighted by atomic mass is 16.5. The molecule has 3 aromatic heterocycles. The molecule has 0 bridgehead atoms. The fourth-order valence-electron chi connectivity index (χ4n) is 3.61. The van der Waals surface area contributed by atoms with Gasteiger partial charge >= 0.3 is 5.97 Å². The third kappa shape index (κ3) is 6.37. The summed E-state index contributed by atoms with van der Waals surface area (Å²) in [6.45, 7) is 4.83. The van der Waals surface area contributed by atoms with E-state index in [9.17, 15) is 9.59 Å². The average molecular weight is 493 g/mol. The van der Waals surface area contributed by atoms with E-state index in [4.69, 9.17) is 4.74 Å². The Balaban J connectivity index is 1.40. The van der Waals surface area contributed by atoms with Gasteiger partial charge in [-0.05, 0) is 24.5 Å². The highest BCUT2D eigenvalue weighted by Gasteiger charge is 2.22. The molecule has 0 aliphatic carbocycles. The molecule has 4 aromatic rings. The molecule has 0 spiro atoms. The number of benzene rings is 1. The van der Waals surface area contributed by atoms with E-state index >= 15 is 0 Å². The minimum Gasteiger partial charge on any atom is -0.468 e. The van der Waals surface area contributed by atoms with Crippen molar-refractivity contribution in [2.24, 2.45) is 5.92 Å². The number of aromatic nitrogens is 9. The Bertz CT molecular complexity index is 1290. The number of amides is 1. The lowest BCUT2D eigenvalue weighted by Crippen LogP contribution is -2.22. The van der Waals surface area contributed by atoms with E-state index in [2.05, 4.69) is 50.1 Å². The van der Waals surface area contributed by atoms with Crippen molar-refractivity contribution < 1.29 is 14.3 Å². The number of hydrogen-bond donors (Lipinski definition) is 1. The number of hydrogen-bond acceptors (Lipinski definition) is 9. The predicted molar refractivity (Wildman–Crippen MR) is 126 cm³/mol. The van der Waals surface area contributed by atoms with Gasteiger partial charge in [0.25, 0.3) is 5.91 Å². The lowest BCUT2D eigenvalue weighted by molar-refractivity contribution is -0.141. The molecular weight excluding hydrogens is 464 g/mol. The van der Waals surface area contributed by atoms with Crippen molar-refractivity contribution in [2.75, 3.05) is 7.11 Å². The zero-order chi connectivity index (χ0) is 25.5. The van der Waals surface area contributed by atoms with Crippen LogP contribution in [0.25, 0.3) is 0 Å². The zero-order valence-electron chi connectivity index (χ0n) is 20.4. The second kappa shape index (κ2) is 11.3. The monoisotopic (exact) mass is 492 g/mol. The van der Waals surface area contributed by atoms with Crippen LogP contribution in [0.5, 0.6) is 0 Å². The Morgan fingerprint density at radius 1 is 0.944 bits per heavy atom. The van der Waals surface area contributed by atoms with Crippen molar-refractivity contribution in [3.05, 3.63) is 71.6 Å². The Hall–Kier alpha value is -4.42. The van der Waals surface area contributed by atoms with Gasteiger partial charge in [0.15, 0.2) is 0 Å². The van der Waals surface area contributed by atoms with Crippen LogP contribution in [0.3, 0.4) is 0 Å². The van der Waals surface area contributed by atoms with Gasteiger partial charge in [-0.2, -0.15) is 0 Å². The van der Waals surface area contributed by atoms with Gasteiger partial charge in [0.1, 0.15) is 23.6 Å². The van der Waals surface area contributed by atoms with E-state index in [-0.39, 0.29) is 25.0 Å². The molecule has 188 valence electrons. The molecule has 1 atom stereocenters. The number of rotatable bonds is 11. The normalized spacial score (nSPS) is 12.0. The number of methoxy groups -OCH3 is 1. The van der Waals surface area contributed by atoms with Crippen molar-refractivity contribution in [3.63, 3.8) is 0 Å². The highest BCUT2D eigenvalue weighted by molar-refractivity contribution is 5.94. The number of esters is 1. The third-order valence-corrected chi connectivity index (χ3v) is 5.36. The number of ether oxygens (including phenoxy) is 1. The molecule has 0 fully saturated rings. The number of carbonyl (C=O) groups is 2. The quantitative estimate of drug-likeness (QED) is 0.305. The van der Waals surface area contributed by atoms with Gasteiger partial charge in [-0.3, -0.25) is 9.59 Å².